The number of nitrogen functional groups attached to an aromatic ring is 1. The molecular weight excluding hydrogens is 245 g/mol. The van der Waals surface area contributed by atoms with Crippen LogP contribution < -0.4 is 15.8 Å². The summed E-state index contributed by atoms with van der Waals surface area (Å²) in [5.74, 6) is -0.262. The molecule has 6 heteroatoms. The van der Waals surface area contributed by atoms with Gasteiger partial charge in [0.25, 0.3) is 0 Å². The van der Waals surface area contributed by atoms with Crippen molar-refractivity contribution in [3.8, 4) is 5.75 Å². The fourth-order valence-electron chi connectivity index (χ4n) is 1.70. The average Bonchev–Trinajstić information content (AvgIpc) is 2.77. The van der Waals surface area contributed by atoms with E-state index in [0.717, 1.165) is 24.6 Å². The van der Waals surface area contributed by atoms with Crippen LogP contribution in [0.3, 0.4) is 0 Å². The molecule has 18 heavy (non-hydrogen) atoms. The monoisotopic (exact) mass is 258 g/mol. The quantitative estimate of drug-likeness (QED) is 0.633. The van der Waals surface area contributed by atoms with Crippen molar-refractivity contribution in [2.24, 2.45) is 0 Å². The van der Waals surface area contributed by atoms with Gasteiger partial charge in [0, 0.05) is 18.3 Å². The lowest BCUT2D eigenvalue weighted by Crippen LogP contribution is -2.08. The summed E-state index contributed by atoms with van der Waals surface area (Å²) in [6.45, 7) is 1.46. The van der Waals surface area contributed by atoms with Crippen molar-refractivity contribution >= 4 is 5.69 Å². The SMILES string of the molecule is Nc1ccc(C(F)(F)F)c(O/C=C2/CCNC2)c1. The van der Waals surface area contributed by atoms with Gasteiger partial charge in [0.15, 0.2) is 0 Å². The third-order valence-corrected chi connectivity index (χ3v) is 2.64. The number of nitrogens with two attached hydrogens (primary N) is 1. The third kappa shape index (κ3) is 2.95. The maximum Gasteiger partial charge on any atom is 0.419 e. The predicted octanol–water partition coefficient (Wildman–Crippen LogP) is 2.54. The zero-order valence-electron chi connectivity index (χ0n) is 9.55. The largest absolute Gasteiger partial charge is 0.464 e. The number of benzene rings is 1. The van der Waals surface area contributed by atoms with Gasteiger partial charge in [0.2, 0.25) is 0 Å². The smallest absolute Gasteiger partial charge is 0.419 e. The van der Waals surface area contributed by atoms with E-state index in [-0.39, 0.29) is 11.4 Å². The molecule has 0 aliphatic carbocycles. The second kappa shape index (κ2) is 4.89. The van der Waals surface area contributed by atoms with Crippen molar-refractivity contribution in [3.63, 3.8) is 0 Å². The van der Waals surface area contributed by atoms with Crippen LogP contribution in [0.2, 0.25) is 0 Å². The Morgan fingerprint density at radius 2 is 2.11 bits per heavy atom. The summed E-state index contributed by atoms with van der Waals surface area (Å²) in [4.78, 5) is 0. The van der Waals surface area contributed by atoms with Crippen LogP contribution in [-0.4, -0.2) is 13.1 Å². The van der Waals surface area contributed by atoms with Crippen LogP contribution in [0.5, 0.6) is 5.75 Å². The van der Waals surface area contributed by atoms with Crippen molar-refractivity contribution in [2.45, 2.75) is 12.6 Å². The fraction of sp³-hybridized carbons (Fsp3) is 0.333. The van der Waals surface area contributed by atoms with Crippen molar-refractivity contribution in [1.82, 2.24) is 5.32 Å². The highest BCUT2D eigenvalue weighted by Gasteiger charge is 2.34. The minimum absolute atomic E-state index is 0.237. The van der Waals surface area contributed by atoms with Crippen LogP contribution in [0.1, 0.15) is 12.0 Å². The molecule has 0 amide bonds. The van der Waals surface area contributed by atoms with E-state index in [1.165, 1.54) is 18.4 Å². The first-order valence-electron chi connectivity index (χ1n) is 5.49. The van der Waals surface area contributed by atoms with Crippen LogP contribution >= 0.6 is 0 Å². The molecule has 3 N–H and O–H groups in total. The molecule has 0 bridgehead atoms. The van der Waals surface area contributed by atoms with Crippen molar-refractivity contribution in [3.05, 3.63) is 35.6 Å². The van der Waals surface area contributed by atoms with Crippen LogP contribution in [0.4, 0.5) is 18.9 Å². The first-order chi connectivity index (χ1) is 8.47. The molecular formula is C12H13F3N2O. The zero-order valence-corrected chi connectivity index (χ0v) is 9.55. The average molecular weight is 258 g/mol. The molecule has 1 aromatic carbocycles. The van der Waals surface area contributed by atoms with E-state index in [4.69, 9.17) is 10.5 Å². The molecule has 1 saturated heterocycles. The highest BCUT2D eigenvalue weighted by atomic mass is 19.4. The lowest BCUT2D eigenvalue weighted by atomic mass is 10.1. The lowest BCUT2D eigenvalue weighted by molar-refractivity contribution is -0.138. The highest BCUT2D eigenvalue weighted by Crippen LogP contribution is 2.37. The fourth-order valence-corrected chi connectivity index (χ4v) is 1.70. The van der Waals surface area contributed by atoms with E-state index in [1.807, 2.05) is 0 Å². The Morgan fingerprint density at radius 3 is 2.72 bits per heavy atom. The Morgan fingerprint density at radius 1 is 1.33 bits per heavy atom. The van der Waals surface area contributed by atoms with Gasteiger partial charge in [0.1, 0.15) is 5.75 Å². The van der Waals surface area contributed by atoms with Gasteiger partial charge in [-0.15, -0.1) is 0 Å². The van der Waals surface area contributed by atoms with Crippen LogP contribution in [0, 0.1) is 0 Å². The van der Waals surface area contributed by atoms with E-state index in [0.29, 0.717) is 6.54 Å². The molecule has 1 aliphatic rings. The lowest BCUT2D eigenvalue weighted by Gasteiger charge is -2.12. The first kappa shape index (κ1) is 12.8. The maximum absolute atomic E-state index is 12.7. The van der Waals surface area contributed by atoms with Crippen LogP contribution in [0.15, 0.2) is 30.0 Å². The second-order valence-electron chi connectivity index (χ2n) is 4.07. The summed E-state index contributed by atoms with van der Waals surface area (Å²) in [7, 11) is 0. The van der Waals surface area contributed by atoms with Gasteiger partial charge in [-0.05, 0) is 30.7 Å². The number of hydrogen-bond donors (Lipinski definition) is 2. The summed E-state index contributed by atoms with van der Waals surface area (Å²) in [5.41, 5.74) is 5.83. The maximum atomic E-state index is 12.7. The Kier molecular flexibility index (Phi) is 3.47. The normalized spacial score (nSPS) is 18.3. The number of hydrogen-bond acceptors (Lipinski definition) is 3. The topological polar surface area (TPSA) is 47.3 Å². The number of alkyl halides is 3. The van der Waals surface area contributed by atoms with E-state index < -0.39 is 11.7 Å². The summed E-state index contributed by atoms with van der Waals surface area (Å²) < 4.78 is 43.3. The molecule has 0 radical (unpaired) electrons. The number of rotatable bonds is 2. The van der Waals surface area contributed by atoms with Crippen molar-refractivity contribution < 1.29 is 17.9 Å². The standard InChI is InChI=1S/C12H13F3N2O/c13-12(14,15)10-2-1-9(16)5-11(10)18-7-8-3-4-17-6-8/h1-2,5,7,17H,3-4,6,16H2/b8-7-. The van der Waals surface area contributed by atoms with Gasteiger partial charge in [-0.25, -0.2) is 0 Å². The van der Waals surface area contributed by atoms with Crippen LogP contribution in [-0.2, 0) is 6.18 Å². The summed E-state index contributed by atoms with van der Waals surface area (Å²) >= 11 is 0. The molecule has 0 aromatic heterocycles. The number of halogens is 3. The Labute approximate surface area is 102 Å². The molecule has 0 saturated carbocycles. The Bertz CT molecular complexity index is 461. The van der Waals surface area contributed by atoms with E-state index in [2.05, 4.69) is 5.32 Å². The Hall–Kier alpha value is -1.69. The molecule has 98 valence electrons. The summed E-state index contributed by atoms with van der Waals surface area (Å²) in [5, 5.41) is 3.07. The molecule has 0 unspecified atom stereocenters. The van der Waals surface area contributed by atoms with E-state index in [1.54, 1.807) is 0 Å². The van der Waals surface area contributed by atoms with E-state index in [9.17, 15) is 13.2 Å². The highest BCUT2D eigenvalue weighted by molar-refractivity contribution is 5.49. The van der Waals surface area contributed by atoms with Crippen molar-refractivity contribution in [1.29, 1.82) is 0 Å². The summed E-state index contributed by atoms with van der Waals surface area (Å²) in [6.07, 6.45) is -2.30. The van der Waals surface area contributed by atoms with Gasteiger partial charge >= 0.3 is 6.18 Å². The molecule has 1 aromatic rings. The minimum Gasteiger partial charge on any atom is -0.464 e. The first-order valence-corrected chi connectivity index (χ1v) is 5.49. The molecule has 1 heterocycles. The minimum atomic E-state index is -4.45. The predicted molar refractivity (Wildman–Crippen MR) is 62.1 cm³/mol. The van der Waals surface area contributed by atoms with Gasteiger partial charge in [0.05, 0.1) is 11.8 Å². The Balaban J connectivity index is 2.25. The van der Waals surface area contributed by atoms with Gasteiger partial charge in [-0.3, -0.25) is 0 Å². The number of nitrogens with one attached hydrogen (secondary N) is 1. The molecule has 0 spiro atoms. The molecule has 1 fully saturated rings. The second-order valence-corrected chi connectivity index (χ2v) is 4.07. The molecule has 3 nitrogen and oxygen atoms in total. The molecule has 0 atom stereocenters. The number of anilines is 1. The van der Waals surface area contributed by atoms with Crippen molar-refractivity contribution in [2.75, 3.05) is 18.8 Å². The van der Waals surface area contributed by atoms with Crippen LogP contribution in [0.25, 0.3) is 0 Å². The zero-order chi connectivity index (χ0) is 13.2. The van der Waals surface area contributed by atoms with E-state index >= 15 is 0 Å². The van der Waals surface area contributed by atoms with Gasteiger partial charge in [-0.1, -0.05) is 0 Å². The molecule has 1 aliphatic heterocycles. The van der Waals surface area contributed by atoms with Gasteiger partial charge < -0.3 is 15.8 Å². The number of ether oxygens (including phenoxy) is 1. The third-order valence-electron chi connectivity index (χ3n) is 2.64. The molecule has 2 rings (SSSR count). The van der Waals surface area contributed by atoms with Gasteiger partial charge in [-0.2, -0.15) is 13.2 Å². The summed E-state index contributed by atoms with van der Waals surface area (Å²) in [6, 6.07) is 3.32.